The van der Waals surface area contributed by atoms with Gasteiger partial charge in [-0.25, -0.2) is 0 Å². The van der Waals surface area contributed by atoms with Gasteiger partial charge in [-0.3, -0.25) is 9.78 Å². The van der Waals surface area contributed by atoms with E-state index in [0.29, 0.717) is 36.1 Å². The van der Waals surface area contributed by atoms with Crippen LogP contribution in [0, 0.1) is 0 Å². The highest BCUT2D eigenvalue weighted by atomic mass is 32.1. The summed E-state index contributed by atoms with van der Waals surface area (Å²) in [6, 6.07) is 11.4. The van der Waals surface area contributed by atoms with Gasteiger partial charge in [0.05, 0.1) is 25.3 Å². The van der Waals surface area contributed by atoms with Crippen molar-refractivity contribution in [3.63, 3.8) is 0 Å². The van der Waals surface area contributed by atoms with Crippen LogP contribution < -0.4 is 15.6 Å². The normalized spacial score (nSPS) is 15.7. The summed E-state index contributed by atoms with van der Waals surface area (Å²) in [4.78, 5) is 21.9. The van der Waals surface area contributed by atoms with Gasteiger partial charge in [-0.05, 0) is 60.3 Å². The molecule has 4 rings (SSSR count). The molecular weight excluding hydrogens is 412 g/mol. The number of fused-ring (bicyclic) bond motifs is 1. The van der Waals surface area contributed by atoms with Gasteiger partial charge in [-0.15, -0.1) is 0 Å². The molecule has 1 fully saturated rings. The number of hydrogen-bond donors (Lipinski definition) is 2. The minimum absolute atomic E-state index is 0.140. The molecule has 1 aromatic carbocycles. The number of methoxy groups -OCH3 is 1. The van der Waals surface area contributed by atoms with Crippen molar-refractivity contribution >= 4 is 28.2 Å². The molecule has 0 aliphatic carbocycles. The molecular formula is C23H26N4O3S. The molecule has 162 valence electrons. The minimum Gasteiger partial charge on any atom is -0.497 e. The van der Waals surface area contributed by atoms with Gasteiger partial charge in [0.2, 0.25) is 0 Å². The Bertz CT molecular complexity index is 1100. The number of nitrogens with one attached hydrogen (secondary N) is 2. The Balaban J connectivity index is 1.56. The fraction of sp³-hybridized carbons (Fsp3) is 0.348. The highest BCUT2D eigenvalue weighted by Gasteiger charge is 2.18. The number of rotatable bonds is 7. The van der Waals surface area contributed by atoms with E-state index in [2.05, 4.69) is 15.3 Å². The van der Waals surface area contributed by atoms with Gasteiger partial charge in [-0.1, -0.05) is 6.07 Å². The number of aromatic nitrogens is 2. The molecule has 1 saturated heterocycles. The maximum absolute atomic E-state index is 12.8. The standard InChI is InChI=1S/C23H26N4O3S/c1-29-19-7-6-17-10-18(22(28)26-21(17)11-19)15-27(14-16-4-2-8-24-12-16)23(31)25-13-20-5-3-9-30-20/h2,4,6-8,10-12,20H,3,5,9,13-15H2,1H3,(H,25,31)(H,26,28)/t20-/m1/s1. The highest BCUT2D eigenvalue weighted by molar-refractivity contribution is 7.80. The van der Waals surface area contributed by atoms with Crippen LogP contribution in [0.25, 0.3) is 10.9 Å². The Morgan fingerprint density at radius 1 is 1.35 bits per heavy atom. The molecule has 3 heterocycles. The maximum atomic E-state index is 12.8. The van der Waals surface area contributed by atoms with E-state index in [9.17, 15) is 4.79 Å². The second-order valence-electron chi connectivity index (χ2n) is 7.62. The van der Waals surface area contributed by atoms with Crippen molar-refractivity contribution in [1.82, 2.24) is 20.2 Å². The van der Waals surface area contributed by atoms with Crippen LogP contribution in [0.2, 0.25) is 0 Å². The lowest BCUT2D eigenvalue weighted by atomic mass is 10.1. The zero-order valence-electron chi connectivity index (χ0n) is 17.5. The Kier molecular flexibility index (Phi) is 6.79. The molecule has 2 N–H and O–H groups in total. The van der Waals surface area contributed by atoms with Gasteiger partial charge in [0, 0.05) is 43.7 Å². The molecule has 8 heteroatoms. The number of aromatic amines is 1. The number of H-pyrrole nitrogens is 1. The number of thiocarbonyl (C=S) groups is 1. The lowest BCUT2D eigenvalue weighted by molar-refractivity contribution is 0.113. The second kappa shape index (κ2) is 9.89. The topological polar surface area (TPSA) is 79.5 Å². The van der Waals surface area contributed by atoms with Gasteiger partial charge in [0.15, 0.2) is 5.11 Å². The summed E-state index contributed by atoms with van der Waals surface area (Å²) in [5.74, 6) is 0.702. The van der Waals surface area contributed by atoms with Crippen molar-refractivity contribution < 1.29 is 9.47 Å². The van der Waals surface area contributed by atoms with Crippen LogP contribution >= 0.6 is 12.2 Å². The first-order valence-electron chi connectivity index (χ1n) is 10.4. The first kappa shape index (κ1) is 21.3. The van der Waals surface area contributed by atoms with Crippen molar-refractivity contribution in [2.24, 2.45) is 0 Å². The first-order chi connectivity index (χ1) is 15.1. The number of pyridine rings is 2. The molecule has 0 saturated carbocycles. The molecule has 0 bridgehead atoms. The lowest BCUT2D eigenvalue weighted by Gasteiger charge is -2.26. The number of nitrogens with zero attached hydrogens (tertiary/aromatic N) is 2. The zero-order chi connectivity index (χ0) is 21.6. The van der Waals surface area contributed by atoms with Crippen LogP contribution in [0.5, 0.6) is 5.75 Å². The number of hydrogen-bond acceptors (Lipinski definition) is 5. The van der Waals surface area contributed by atoms with Crippen LogP contribution in [0.4, 0.5) is 0 Å². The summed E-state index contributed by atoms with van der Waals surface area (Å²) in [6.45, 7) is 2.39. The SMILES string of the molecule is COc1ccc2cc(CN(Cc3cccnc3)C(=S)NC[C@H]3CCCO3)c(=O)[nH]c2c1. The molecule has 1 aliphatic rings. The largest absolute Gasteiger partial charge is 0.497 e. The van der Waals surface area contributed by atoms with Gasteiger partial charge in [0.25, 0.3) is 5.56 Å². The predicted molar refractivity (Wildman–Crippen MR) is 124 cm³/mol. The number of benzene rings is 1. The summed E-state index contributed by atoms with van der Waals surface area (Å²) >= 11 is 5.69. The summed E-state index contributed by atoms with van der Waals surface area (Å²) in [7, 11) is 1.61. The quantitative estimate of drug-likeness (QED) is 0.549. The van der Waals surface area contributed by atoms with Gasteiger partial charge < -0.3 is 24.7 Å². The van der Waals surface area contributed by atoms with E-state index in [4.69, 9.17) is 21.7 Å². The van der Waals surface area contributed by atoms with Gasteiger partial charge >= 0.3 is 0 Å². The third-order valence-corrected chi connectivity index (χ3v) is 5.78. The molecule has 1 atom stereocenters. The van der Waals surface area contributed by atoms with Crippen molar-refractivity contribution in [2.75, 3.05) is 20.3 Å². The Morgan fingerprint density at radius 3 is 3.00 bits per heavy atom. The Hall–Kier alpha value is -2.97. The third-order valence-electron chi connectivity index (χ3n) is 5.38. The summed E-state index contributed by atoms with van der Waals surface area (Å²) < 4.78 is 10.9. The predicted octanol–water partition coefficient (Wildman–Crippen LogP) is 2.99. The van der Waals surface area contributed by atoms with Gasteiger partial charge in [-0.2, -0.15) is 0 Å². The van der Waals surface area contributed by atoms with Crippen molar-refractivity contribution in [3.05, 3.63) is 70.3 Å². The van der Waals surface area contributed by atoms with E-state index in [1.54, 1.807) is 13.3 Å². The summed E-state index contributed by atoms with van der Waals surface area (Å²) in [5, 5.41) is 4.85. The molecule has 2 aromatic heterocycles. The van der Waals surface area contributed by atoms with Crippen LogP contribution in [-0.2, 0) is 17.8 Å². The zero-order valence-corrected chi connectivity index (χ0v) is 18.3. The smallest absolute Gasteiger partial charge is 0.253 e. The molecule has 7 nitrogen and oxygen atoms in total. The second-order valence-corrected chi connectivity index (χ2v) is 8.00. The minimum atomic E-state index is -0.140. The van der Waals surface area contributed by atoms with Crippen LogP contribution in [0.15, 0.2) is 53.6 Å². The van der Waals surface area contributed by atoms with E-state index >= 15 is 0 Å². The van der Waals surface area contributed by atoms with E-state index in [-0.39, 0.29) is 11.7 Å². The van der Waals surface area contributed by atoms with E-state index in [1.165, 1.54) is 0 Å². The third kappa shape index (κ3) is 5.39. The molecule has 0 unspecified atom stereocenters. The maximum Gasteiger partial charge on any atom is 0.253 e. The molecule has 0 amide bonds. The van der Waals surface area contributed by atoms with Crippen LogP contribution in [-0.4, -0.2) is 46.3 Å². The lowest BCUT2D eigenvalue weighted by Crippen LogP contribution is -2.42. The van der Waals surface area contributed by atoms with E-state index in [1.807, 2.05) is 47.5 Å². The van der Waals surface area contributed by atoms with Crippen molar-refractivity contribution in [1.29, 1.82) is 0 Å². The molecule has 31 heavy (non-hydrogen) atoms. The summed E-state index contributed by atoms with van der Waals surface area (Å²) in [6.07, 6.45) is 5.84. The fourth-order valence-corrected chi connectivity index (χ4v) is 3.92. The Morgan fingerprint density at radius 2 is 2.26 bits per heavy atom. The van der Waals surface area contributed by atoms with E-state index < -0.39 is 0 Å². The Labute approximate surface area is 186 Å². The van der Waals surface area contributed by atoms with Gasteiger partial charge in [0.1, 0.15) is 5.75 Å². The average Bonchev–Trinajstić information content (AvgIpc) is 3.31. The fourth-order valence-electron chi connectivity index (χ4n) is 3.71. The van der Waals surface area contributed by atoms with Crippen LogP contribution in [0.3, 0.4) is 0 Å². The monoisotopic (exact) mass is 438 g/mol. The van der Waals surface area contributed by atoms with Crippen LogP contribution in [0.1, 0.15) is 24.0 Å². The highest BCUT2D eigenvalue weighted by Crippen LogP contribution is 2.19. The summed E-state index contributed by atoms with van der Waals surface area (Å²) in [5.41, 5.74) is 2.26. The average molecular weight is 439 g/mol. The molecule has 0 spiro atoms. The number of ether oxygens (including phenoxy) is 2. The molecule has 1 aliphatic heterocycles. The molecule has 3 aromatic rings. The van der Waals surface area contributed by atoms with Crippen molar-refractivity contribution in [3.8, 4) is 5.75 Å². The van der Waals surface area contributed by atoms with Crippen molar-refractivity contribution in [2.45, 2.75) is 32.0 Å². The molecule has 0 radical (unpaired) electrons. The van der Waals surface area contributed by atoms with E-state index in [0.717, 1.165) is 35.9 Å². The first-order valence-corrected chi connectivity index (χ1v) is 10.8.